The Labute approximate surface area is 171 Å². The SMILES string of the molecule is Nc1ccccc1OCC1CC(c2cccc(OCCc3ccccc3)c2)NN1. The second kappa shape index (κ2) is 9.45. The molecule has 3 aromatic rings. The van der Waals surface area contributed by atoms with Crippen LogP contribution in [0.15, 0.2) is 78.9 Å². The molecule has 1 saturated heterocycles. The molecule has 1 heterocycles. The molecule has 1 aliphatic rings. The summed E-state index contributed by atoms with van der Waals surface area (Å²) in [6.07, 6.45) is 1.83. The summed E-state index contributed by atoms with van der Waals surface area (Å²) in [5.74, 6) is 1.63. The average molecular weight is 389 g/mol. The van der Waals surface area contributed by atoms with E-state index >= 15 is 0 Å². The lowest BCUT2D eigenvalue weighted by atomic mass is 10.0. The maximum Gasteiger partial charge on any atom is 0.142 e. The van der Waals surface area contributed by atoms with Gasteiger partial charge in [-0.25, -0.2) is 5.43 Å². The minimum atomic E-state index is 0.210. The molecule has 3 aromatic carbocycles. The molecule has 29 heavy (non-hydrogen) atoms. The van der Waals surface area contributed by atoms with E-state index in [-0.39, 0.29) is 12.1 Å². The highest BCUT2D eigenvalue weighted by Crippen LogP contribution is 2.27. The standard InChI is InChI=1S/C24H27N3O2/c25-22-11-4-5-12-24(22)29-17-20-16-23(27-26-20)19-9-6-10-21(15-19)28-14-13-18-7-2-1-3-8-18/h1-12,15,20,23,26-27H,13-14,16-17,25H2. The molecule has 150 valence electrons. The number of nitrogens with two attached hydrogens (primary N) is 1. The molecule has 2 unspecified atom stereocenters. The monoisotopic (exact) mass is 389 g/mol. The summed E-state index contributed by atoms with van der Waals surface area (Å²) in [5, 5.41) is 0. The minimum Gasteiger partial charge on any atom is -0.493 e. The van der Waals surface area contributed by atoms with Crippen molar-refractivity contribution in [2.24, 2.45) is 0 Å². The molecule has 0 aromatic heterocycles. The summed E-state index contributed by atoms with van der Waals surface area (Å²) >= 11 is 0. The van der Waals surface area contributed by atoms with Gasteiger partial charge in [-0.15, -0.1) is 0 Å². The number of benzene rings is 3. The number of ether oxygens (including phenoxy) is 2. The topological polar surface area (TPSA) is 68.5 Å². The highest BCUT2D eigenvalue weighted by Gasteiger charge is 2.25. The van der Waals surface area contributed by atoms with Crippen LogP contribution in [0, 0.1) is 0 Å². The smallest absolute Gasteiger partial charge is 0.142 e. The van der Waals surface area contributed by atoms with Gasteiger partial charge in [0.1, 0.15) is 18.1 Å². The van der Waals surface area contributed by atoms with E-state index < -0.39 is 0 Å². The van der Waals surface area contributed by atoms with Gasteiger partial charge in [0.15, 0.2) is 0 Å². The Morgan fingerprint density at radius 2 is 1.69 bits per heavy atom. The van der Waals surface area contributed by atoms with Crippen LogP contribution in [0.4, 0.5) is 5.69 Å². The number of hydrazine groups is 1. The minimum absolute atomic E-state index is 0.210. The van der Waals surface area contributed by atoms with Crippen LogP contribution in [0.2, 0.25) is 0 Å². The predicted molar refractivity (Wildman–Crippen MR) is 116 cm³/mol. The highest BCUT2D eigenvalue weighted by molar-refractivity contribution is 5.51. The Bertz CT molecular complexity index is 917. The van der Waals surface area contributed by atoms with Crippen molar-refractivity contribution in [2.75, 3.05) is 18.9 Å². The van der Waals surface area contributed by atoms with E-state index in [1.165, 1.54) is 11.1 Å². The largest absolute Gasteiger partial charge is 0.493 e. The molecular formula is C24H27N3O2. The van der Waals surface area contributed by atoms with Gasteiger partial charge in [-0.2, -0.15) is 0 Å². The molecule has 0 amide bonds. The van der Waals surface area contributed by atoms with Gasteiger partial charge >= 0.3 is 0 Å². The Morgan fingerprint density at radius 3 is 2.55 bits per heavy atom. The van der Waals surface area contributed by atoms with E-state index in [2.05, 4.69) is 47.2 Å². The molecule has 5 nitrogen and oxygen atoms in total. The van der Waals surface area contributed by atoms with Gasteiger partial charge in [-0.1, -0.05) is 54.6 Å². The second-order valence-corrected chi connectivity index (χ2v) is 7.28. The summed E-state index contributed by atoms with van der Waals surface area (Å²) in [4.78, 5) is 0. The molecule has 0 saturated carbocycles. The Balaban J connectivity index is 1.28. The fourth-order valence-electron chi connectivity index (χ4n) is 3.50. The Kier molecular flexibility index (Phi) is 6.29. The number of para-hydroxylation sites is 2. The fourth-order valence-corrected chi connectivity index (χ4v) is 3.50. The van der Waals surface area contributed by atoms with Crippen LogP contribution in [-0.2, 0) is 6.42 Å². The zero-order valence-corrected chi connectivity index (χ0v) is 16.4. The van der Waals surface area contributed by atoms with Gasteiger partial charge in [-0.05, 0) is 41.8 Å². The van der Waals surface area contributed by atoms with Crippen molar-refractivity contribution in [3.8, 4) is 11.5 Å². The van der Waals surface area contributed by atoms with Crippen molar-refractivity contribution in [1.82, 2.24) is 10.9 Å². The zero-order chi connectivity index (χ0) is 19.9. The van der Waals surface area contributed by atoms with Gasteiger partial charge in [0.2, 0.25) is 0 Å². The molecule has 4 N–H and O–H groups in total. The van der Waals surface area contributed by atoms with Crippen LogP contribution in [0.1, 0.15) is 23.6 Å². The lowest BCUT2D eigenvalue weighted by molar-refractivity contribution is 0.274. The van der Waals surface area contributed by atoms with Gasteiger partial charge in [0.05, 0.1) is 18.3 Å². The zero-order valence-electron chi connectivity index (χ0n) is 16.4. The third-order valence-electron chi connectivity index (χ3n) is 5.10. The van der Waals surface area contributed by atoms with Gasteiger partial charge in [-0.3, -0.25) is 5.43 Å². The first-order valence-electron chi connectivity index (χ1n) is 10.0. The molecule has 2 atom stereocenters. The van der Waals surface area contributed by atoms with Crippen molar-refractivity contribution in [3.63, 3.8) is 0 Å². The molecule has 0 radical (unpaired) electrons. The fraction of sp³-hybridized carbons (Fsp3) is 0.250. The van der Waals surface area contributed by atoms with Crippen LogP contribution < -0.4 is 26.1 Å². The van der Waals surface area contributed by atoms with Crippen molar-refractivity contribution >= 4 is 5.69 Å². The number of rotatable bonds is 8. The summed E-state index contributed by atoms with van der Waals surface area (Å²) in [6, 6.07) is 26.7. The average Bonchev–Trinajstić information content (AvgIpc) is 3.23. The van der Waals surface area contributed by atoms with Crippen LogP contribution in [0.25, 0.3) is 0 Å². The Hall–Kier alpha value is -3.02. The number of nitrogens with one attached hydrogen (secondary N) is 2. The Morgan fingerprint density at radius 1 is 0.862 bits per heavy atom. The molecule has 1 aliphatic heterocycles. The molecule has 0 spiro atoms. The van der Waals surface area contributed by atoms with Crippen LogP contribution in [0.3, 0.4) is 0 Å². The lowest BCUT2D eigenvalue weighted by Crippen LogP contribution is -2.34. The summed E-state index contributed by atoms with van der Waals surface area (Å²) in [5.41, 5.74) is 15.8. The second-order valence-electron chi connectivity index (χ2n) is 7.28. The van der Waals surface area contributed by atoms with Crippen molar-refractivity contribution in [2.45, 2.75) is 24.9 Å². The number of hydrogen-bond donors (Lipinski definition) is 3. The quantitative estimate of drug-likeness (QED) is 0.510. The summed E-state index contributed by atoms with van der Waals surface area (Å²) in [6.45, 7) is 1.23. The van der Waals surface area contributed by atoms with Gasteiger partial charge in [0, 0.05) is 12.5 Å². The third-order valence-corrected chi connectivity index (χ3v) is 5.10. The van der Waals surface area contributed by atoms with Crippen molar-refractivity contribution in [1.29, 1.82) is 0 Å². The lowest BCUT2D eigenvalue weighted by Gasteiger charge is -2.13. The maximum atomic E-state index is 5.97. The van der Waals surface area contributed by atoms with E-state index in [1.54, 1.807) is 0 Å². The molecule has 0 bridgehead atoms. The van der Waals surface area contributed by atoms with Crippen LogP contribution in [-0.4, -0.2) is 19.3 Å². The molecule has 0 aliphatic carbocycles. The molecule has 4 rings (SSSR count). The third kappa shape index (κ3) is 5.28. The predicted octanol–water partition coefficient (Wildman–Crippen LogP) is 3.88. The van der Waals surface area contributed by atoms with Gasteiger partial charge in [0.25, 0.3) is 0 Å². The molecule has 1 fully saturated rings. The van der Waals surface area contributed by atoms with Crippen molar-refractivity contribution < 1.29 is 9.47 Å². The summed E-state index contributed by atoms with van der Waals surface area (Å²) < 4.78 is 11.8. The molecule has 5 heteroatoms. The van der Waals surface area contributed by atoms with Gasteiger partial charge < -0.3 is 15.2 Å². The van der Waals surface area contributed by atoms with E-state index in [4.69, 9.17) is 15.2 Å². The van der Waals surface area contributed by atoms with Crippen LogP contribution >= 0.6 is 0 Å². The van der Waals surface area contributed by atoms with E-state index in [0.29, 0.717) is 18.9 Å². The highest BCUT2D eigenvalue weighted by atomic mass is 16.5. The number of nitrogen functional groups attached to an aromatic ring is 1. The normalized spacial score (nSPS) is 18.5. The first-order valence-corrected chi connectivity index (χ1v) is 10.0. The number of hydrogen-bond acceptors (Lipinski definition) is 5. The van der Waals surface area contributed by atoms with E-state index in [0.717, 1.165) is 24.3 Å². The van der Waals surface area contributed by atoms with Crippen LogP contribution in [0.5, 0.6) is 11.5 Å². The summed E-state index contributed by atoms with van der Waals surface area (Å²) in [7, 11) is 0. The molecular weight excluding hydrogens is 362 g/mol. The van der Waals surface area contributed by atoms with Crippen molar-refractivity contribution in [3.05, 3.63) is 90.0 Å². The van der Waals surface area contributed by atoms with E-state index in [1.807, 2.05) is 42.5 Å². The van der Waals surface area contributed by atoms with E-state index in [9.17, 15) is 0 Å². The maximum absolute atomic E-state index is 5.97. The number of anilines is 1. The first kappa shape index (κ1) is 19.3. The first-order chi connectivity index (χ1) is 14.3.